The Hall–Kier alpha value is -2.19. The standard InChI is InChI=1S/C26H27N3OS3/c1-3-14-29-15-13-19-22(16-29)33-26(23(19)25-27-20-7-5-6-8-21(20)32-25)28-24(30)17-9-11-18(12-10-17)31-4-2/h5-12H,3-4,13-16H2,1-2H3,(H,28,30). The summed E-state index contributed by atoms with van der Waals surface area (Å²) in [5.74, 6) is 0.960. The Kier molecular flexibility index (Phi) is 6.83. The summed E-state index contributed by atoms with van der Waals surface area (Å²) < 4.78 is 1.18. The predicted molar refractivity (Wildman–Crippen MR) is 143 cm³/mol. The number of thiophene rings is 1. The molecular weight excluding hydrogens is 467 g/mol. The number of nitrogens with one attached hydrogen (secondary N) is 1. The Morgan fingerprint density at radius 1 is 1.12 bits per heavy atom. The average molecular weight is 494 g/mol. The van der Waals surface area contributed by atoms with Crippen molar-refractivity contribution >= 4 is 55.6 Å². The van der Waals surface area contributed by atoms with E-state index in [1.165, 1.54) is 20.0 Å². The van der Waals surface area contributed by atoms with Crippen molar-refractivity contribution in [1.82, 2.24) is 9.88 Å². The summed E-state index contributed by atoms with van der Waals surface area (Å²) in [5.41, 5.74) is 4.18. The summed E-state index contributed by atoms with van der Waals surface area (Å²) >= 11 is 5.21. The van der Waals surface area contributed by atoms with E-state index in [2.05, 4.69) is 42.3 Å². The minimum atomic E-state index is -0.0607. The molecule has 0 saturated carbocycles. The van der Waals surface area contributed by atoms with Gasteiger partial charge in [-0.15, -0.1) is 34.4 Å². The molecule has 33 heavy (non-hydrogen) atoms. The molecule has 4 nitrogen and oxygen atoms in total. The maximum atomic E-state index is 13.2. The lowest BCUT2D eigenvalue weighted by molar-refractivity contribution is 0.102. The van der Waals surface area contributed by atoms with Crippen molar-refractivity contribution in [3.63, 3.8) is 0 Å². The van der Waals surface area contributed by atoms with E-state index >= 15 is 0 Å². The van der Waals surface area contributed by atoms with Crippen LogP contribution in [0.15, 0.2) is 53.4 Å². The van der Waals surface area contributed by atoms with E-state index in [1.54, 1.807) is 34.4 Å². The molecule has 0 saturated heterocycles. The smallest absolute Gasteiger partial charge is 0.256 e. The highest BCUT2D eigenvalue weighted by atomic mass is 32.2. The third kappa shape index (κ3) is 4.73. The molecule has 1 aliphatic rings. The lowest BCUT2D eigenvalue weighted by atomic mass is 10.0. The number of rotatable bonds is 7. The molecule has 170 valence electrons. The van der Waals surface area contributed by atoms with Crippen LogP contribution in [0, 0.1) is 0 Å². The van der Waals surface area contributed by atoms with E-state index in [1.807, 2.05) is 30.3 Å². The van der Waals surface area contributed by atoms with Crippen LogP contribution in [-0.2, 0) is 13.0 Å². The Balaban J connectivity index is 1.51. The minimum absolute atomic E-state index is 0.0607. The van der Waals surface area contributed by atoms with Gasteiger partial charge in [-0.25, -0.2) is 4.98 Å². The van der Waals surface area contributed by atoms with Gasteiger partial charge in [-0.3, -0.25) is 9.69 Å². The van der Waals surface area contributed by atoms with E-state index in [-0.39, 0.29) is 5.91 Å². The average Bonchev–Trinajstić information content (AvgIpc) is 3.40. The van der Waals surface area contributed by atoms with Crippen molar-refractivity contribution in [3.05, 3.63) is 64.5 Å². The second-order valence-corrected chi connectivity index (χ2v) is 11.6. The first-order valence-corrected chi connectivity index (χ1v) is 14.0. The molecule has 1 N–H and O–H groups in total. The number of thioether (sulfide) groups is 1. The Bertz CT molecular complexity index is 1240. The van der Waals surface area contributed by atoms with Gasteiger partial charge in [-0.1, -0.05) is 26.0 Å². The topological polar surface area (TPSA) is 45.2 Å². The van der Waals surface area contributed by atoms with Crippen LogP contribution < -0.4 is 5.32 Å². The van der Waals surface area contributed by atoms with Gasteiger partial charge < -0.3 is 5.32 Å². The molecule has 0 atom stereocenters. The summed E-state index contributed by atoms with van der Waals surface area (Å²) in [6.45, 7) is 7.48. The highest BCUT2D eigenvalue weighted by Crippen LogP contribution is 2.45. The monoisotopic (exact) mass is 493 g/mol. The number of aromatic nitrogens is 1. The highest BCUT2D eigenvalue weighted by Gasteiger charge is 2.27. The van der Waals surface area contributed by atoms with Crippen molar-refractivity contribution in [2.45, 2.75) is 38.1 Å². The summed E-state index contributed by atoms with van der Waals surface area (Å²) in [6.07, 6.45) is 2.15. The van der Waals surface area contributed by atoms with Gasteiger partial charge in [0, 0.05) is 34.0 Å². The van der Waals surface area contributed by atoms with Gasteiger partial charge in [0.25, 0.3) is 5.91 Å². The third-order valence-corrected chi connectivity index (χ3v) is 8.92. The molecule has 1 aliphatic heterocycles. The molecule has 2 aromatic carbocycles. The van der Waals surface area contributed by atoms with Crippen molar-refractivity contribution < 1.29 is 4.79 Å². The Morgan fingerprint density at radius 2 is 1.94 bits per heavy atom. The van der Waals surface area contributed by atoms with Crippen LogP contribution >= 0.6 is 34.4 Å². The van der Waals surface area contributed by atoms with Crippen LogP contribution in [0.4, 0.5) is 5.00 Å². The van der Waals surface area contributed by atoms with E-state index in [4.69, 9.17) is 4.98 Å². The van der Waals surface area contributed by atoms with Crippen LogP contribution in [0.25, 0.3) is 20.8 Å². The second kappa shape index (κ2) is 9.97. The molecule has 5 rings (SSSR count). The molecule has 0 aliphatic carbocycles. The summed E-state index contributed by atoms with van der Waals surface area (Å²) in [4.78, 5) is 23.2. The maximum Gasteiger partial charge on any atom is 0.256 e. The van der Waals surface area contributed by atoms with Crippen molar-refractivity contribution in [2.75, 3.05) is 24.2 Å². The highest BCUT2D eigenvalue weighted by molar-refractivity contribution is 7.99. The van der Waals surface area contributed by atoms with Crippen molar-refractivity contribution in [1.29, 1.82) is 0 Å². The van der Waals surface area contributed by atoms with Gasteiger partial charge in [-0.2, -0.15) is 0 Å². The number of benzene rings is 2. The number of hydrogen-bond donors (Lipinski definition) is 1. The first-order valence-electron chi connectivity index (χ1n) is 11.4. The fraction of sp³-hybridized carbons (Fsp3) is 0.308. The number of para-hydroxylation sites is 1. The Morgan fingerprint density at radius 3 is 2.70 bits per heavy atom. The van der Waals surface area contributed by atoms with E-state index in [0.717, 1.165) is 59.3 Å². The number of carbonyl (C=O) groups excluding carboxylic acids is 1. The zero-order valence-electron chi connectivity index (χ0n) is 18.9. The van der Waals surface area contributed by atoms with Crippen LogP contribution in [0.2, 0.25) is 0 Å². The predicted octanol–water partition coefficient (Wildman–Crippen LogP) is 7.16. The molecule has 2 aromatic heterocycles. The lowest BCUT2D eigenvalue weighted by Gasteiger charge is -2.26. The van der Waals surface area contributed by atoms with E-state index in [9.17, 15) is 4.79 Å². The fourth-order valence-corrected chi connectivity index (χ4v) is 7.36. The number of carbonyl (C=O) groups is 1. The number of hydrogen-bond acceptors (Lipinski definition) is 6. The summed E-state index contributed by atoms with van der Waals surface area (Å²) in [5, 5.41) is 5.17. The van der Waals surface area contributed by atoms with Crippen molar-refractivity contribution in [3.8, 4) is 10.6 Å². The van der Waals surface area contributed by atoms with Gasteiger partial charge in [0.05, 0.1) is 10.2 Å². The number of thiazole rings is 1. The van der Waals surface area contributed by atoms with Crippen LogP contribution in [0.1, 0.15) is 41.1 Å². The van der Waals surface area contributed by atoms with Crippen LogP contribution in [0.5, 0.6) is 0 Å². The summed E-state index contributed by atoms with van der Waals surface area (Å²) in [6, 6.07) is 16.2. The number of fused-ring (bicyclic) bond motifs is 2. The first kappa shape index (κ1) is 22.6. The minimum Gasteiger partial charge on any atom is -0.313 e. The zero-order chi connectivity index (χ0) is 22.8. The summed E-state index contributed by atoms with van der Waals surface area (Å²) in [7, 11) is 0. The number of amides is 1. The van der Waals surface area contributed by atoms with E-state index in [0.29, 0.717) is 5.56 Å². The molecular formula is C26H27N3OS3. The maximum absolute atomic E-state index is 13.2. The SMILES string of the molecule is CCCN1CCc2c(sc(NC(=O)c3ccc(SCC)cc3)c2-c2nc3ccccc3s2)C1. The number of nitrogens with zero attached hydrogens (tertiary/aromatic N) is 2. The lowest BCUT2D eigenvalue weighted by Crippen LogP contribution is -2.30. The normalized spacial score (nSPS) is 13.9. The zero-order valence-corrected chi connectivity index (χ0v) is 21.3. The molecule has 0 fully saturated rings. The Labute approximate surface area is 207 Å². The molecule has 0 bridgehead atoms. The quantitative estimate of drug-likeness (QED) is 0.278. The van der Waals surface area contributed by atoms with Gasteiger partial charge in [0.15, 0.2) is 0 Å². The van der Waals surface area contributed by atoms with Gasteiger partial charge in [0.2, 0.25) is 0 Å². The third-order valence-electron chi connectivity index (χ3n) is 5.84. The first-order chi connectivity index (χ1) is 16.2. The molecule has 4 aromatic rings. The van der Waals surface area contributed by atoms with Gasteiger partial charge >= 0.3 is 0 Å². The molecule has 0 spiro atoms. The van der Waals surface area contributed by atoms with Crippen molar-refractivity contribution in [2.24, 2.45) is 0 Å². The van der Waals surface area contributed by atoms with Crippen LogP contribution in [0.3, 0.4) is 0 Å². The molecule has 1 amide bonds. The van der Waals surface area contributed by atoms with Gasteiger partial charge in [-0.05, 0) is 67.1 Å². The molecule has 0 unspecified atom stereocenters. The second-order valence-electron chi connectivity index (χ2n) is 8.13. The largest absolute Gasteiger partial charge is 0.313 e. The molecule has 3 heterocycles. The van der Waals surface area contributed by atoms with E-state index < -0.39 is 0 Å². The van der Waals surface area contributed by atoms with Crippen LogP contribution in [-0.4, -0.2) is 34.6 Å². The van der Waals surface area contributed by atoms with Gasteiger partial charge in [0.1, 0.15) is 10.0 Å². The molecule has 7 heteroatoms. The number of anilines is 1. The fourth-order valence-electron chi connectivity index (χ4n) is 4.30. The molecule has 0 radical (unpaired) electrons.